The number of carboxylic acids is 1. The van der Waals surface area contributed by atoms with Crippen LogP contribution in [0.1, 0.15) is 37.8 Å². The van der Waals surface area contributed by atoms with E-state index in [1.54, 1.807) is 20.0 Å². The Morgan fingerprint density at radius 2 is 1.61 bits per heavy atom. The molecule has 0 aliphatic heterocycles. The van der Waals surface area contributed by atoms with Crippen molar-refractivity contribution in [3.05, 3.63) is 90.1 Å². The summed E-state index contributed by atoms with van der Waals surface area (Å²) in [6, 6.07) is 22.9. The molecule has 214 valence electrons. The van der Waals surface area contributed by atoms with Gasteiger partial charge in [0.2, 0.25) is 0 Å². The fraction of sp³-hybridized carbons (Fsp3) is 0.312. The van der Waals surface area contributed by atoms with E-state index in [4.69, 9.17) is 5.11 Å². The molecule has 1 fully saturated rings. The first kappa shape index (κ1) is 29.0. The topological polar surface area (TPSA) is 118 Å². The van der Waals surface area contributed by atoms with Crippen molar-refractivity contribution in [2.24, 2.45) is 11.8 Å². The van der Waals surface area contributed by atoms with Crippen LogP contribution in [-0.4, -0.2) is 44.9 Å². The Labute approximate surface area is 241 Å². The third-order valence-corrected chi connectivity index (χ3v) is 11.9. The largest absolute Gasteiger partial charge is 0.481 e. The quantitative estimate of drug-likeness (QED) is 0.245. The summed E-state index contributed by atoms with van der Waals surface area (Å²) in [5.74, 6) is -1.05. The first-order valence-corrected chi connectivity index (χ1v) is 17.2. The second-order valence-electron chi connectivity index (χ2n) is 11.6. The summed E-state index contributed by atoms with van der Waals surface area (Å²) in [7, 11) is -6.74. The van der Waals surface area contributed by atoms with Gasteiger partial charge in [-0.3, -0.25) is 9.78 Å². The van der Waals surface area contributed by atoms with Gasteiger partial charge in [0.05, 0.1) is 21.8 Å². The van der Waals surface area contributed by atoms with Gasteiger partial charge in [0.15, 0.2) is 19.7 Å². The number of fused-ring (bicyclic) bond motifs is 1. The standard InChI is InChI=1S/C32H33NO6S2/c1-32(2,40(3,36)37)28-16-25-8-5-13-33-31(25)29(18-28)24-7-4-6-23(14-24)22-11-9-21(10-12-22)19-41(38,39)20-27-15-26(27)17-30(34)35/h4-14,16,18,26-27H,15,17,19-20H2,1-3H3,(H,34,35). The van der Waals surface area contributed by atoms with Crippen LogP contribution < -0.4 is 0 Å². The maximum absolute atomic E-state index is 12.7. The smallest absolute Gasteiger partial charge is 0.303 e. The molecular weight excluding hydrogens is 558 g/mol. The molecule has 0 radical (unpaired) electrons. The second-order valence-corrected chi connectivity index (χ2v) is 16.2. The Kier molecular flexibility index (Phi) is 7.55. The van der Waals surface area contributed by atoms with Gasteiger partial charge in [0.1, 0.15) is 0 Å². The fourth-order valence-corrected chi connectivity index (χ4v) is 7.69. The van der Waals surface area contributed by atoms with Crippen LogP contribution in [0.2, 0.25) is 0 Å². The highest BCUT2D eigenvalue weighted by molar-refractivity contribution is 7.91. The van der Waals surface area contributed by atoms with Crippen molar-refractivity contribution in [1.29, 1.82) is 0 Å². The van der Waals surface area contributed by atoms with E-state index >= 15 is 0 Å². The molecule has 41 heavy (non-hydrogen) atoms. The van der Waals surface area contributed by atoms with Gasteiger partial charge in [-0.1, -0.05) is 48.5 Å². The number of benzene rings is 3. The summed E-state index contributed by atoms with van der Waals surface area (Å²) in [5, 5.41) is 9.78. The third kappa shape index (κ3) is 6.36. The van der Waals surface area contributed by atoms with E-state index in [2.05, 4.69) is 4.98 Å². The number of aromatic nitrogens is 1. The summed E-state index contributed by atoms with van der Waals surface area (Å²) < 4.78 is 49.6. The number of hydrogen-bond donors (Lipinski definition) is 1. The number of rotatable bonds is 10. The number of nitrogens with zero attached hydrogens (tertiary/aromatic N) is 1. The molecule has 2 unspecified atom stereocenters. The number of sulfone groups is 2. The van der Waals surface area contributed by atoms with Crippen molar-refractivity contribution in [2.45, 2.75) is 37.2 Å². The highest BCUT2D eigenvalue weighted by atomic mass is 32.2. The van der Waals surface area contributed by atoms with Crippen molar-refractivity contribution in [1.82, 2.24) is 4.98 Å². The van der Waals surface area contributed by atoms with Crippen molar-refractivity contribution in [2.75, 3.05) is 12.0 Å². The lowest BCUT2D eigenvalue weighted by Gasteiger charge is -2.24. The molecule has 0 saturated heterocycles. The van der Waals surface area contributed by atoms with Gasteiger partial charge in [-0.05, 0) is 84.2 Å². The average Bonchev–Trinajstić information content (AvgIpc) is 3.62. The number of carbonyl (C=O) groups is 1. The summed E-state index contributed by atoms with van der Waals surface area (Å²) in [4.78, 5) is 15.5. The first-order chi connectivity index (χ1) is 19.2. The Hall–Kier alpha value is -3.56. The van der Waals surface area contributed by atoms with Crippen LogP contribution in [0.15, 0.2) is 79.0 Å². The molecule has 0 amide bonds. The van der Waals surface area contributed by atoms with Gasteiger partial charge >= 0.3 is 5.97 Å². The Morgan fingerprint density at radius 1 is 0.902 bits per heavy atom. The molecule has 4 aromatic rings. The van der Waals surface area contributed by atoms with Crippen molar-refractivity contribution >= 4 is 36.5 Å². The second kappa shape index (κ2) is 10.7. The minimum absolute atomic E-state index is 0.0198. The van der Waals surface area contributed by atoms with Crippen LogP contribution in [0.5, 0.6) is 0 Å². The summed E-state index contributed by atoms with van der Waals surface area (Å²) in [5.41, 5.74) is 5.73. The molecule has 1 aliphatic rings. The van der Waals surface area contributed by atoms with Crippen LogP contribution in [0, 0.1) is 11.8 Å². The lowest BCUT2D eigenvalue weighted by Crippen LogP contribution is -2.28. The molecular formula is C32H33NO6S2. The monoisotopic (exact) mass is 591 g/mol. The molecule has 0 bridgehead atoms. The predicted molar refractivity (Wildman–Crippen MR) is 162 cm³/mol. The zero-order chi connectivity index (χ0) is 29.6. The molecule has 5 rings (SSSR count). The summed E-state index contributed by atoms with van der Waals surface area (Å²) >= 11 is 0. The van der Waals surface area contributed by atoms with E-state index in [1.807, 2.05) is 72.8 Å². The van der Waals surface area contributed by atoms with Crippen molar-refractivity contribution < 1.29 is 26.7 Å². The van der Waals surface area contributed by atoms with Crippen molar-refractivity contribution in [3.8, 4) is 22.3 Å². The number of hydrogen-bond acceptors (Lipinski definition) is 6. The summed E-state index contributed by atoms with van der Waals surface area (Å²) in [6.07, 6.45) is 3.65. The van der Waals surface area contributed by atoms with E-state index in [1.165, 1.54) is 6.26 Å². The zero-order valence-electron chi connectivity index (χ0n) is 23.2. The molecule has 1 N–H and O–H groups in total. The van der Waals surface area contributed by atoms with E-state index < -0.39 is 30.4 Å². The van der Waals surface area contributed by atoms with Gasteiger partial charge in [-0.25, -0.2) is 16.8 Å². The van der Waals surface area contributed by atoms with Crippen LogP contribution in [-0.2, 0) is 35.0 Å². The maximum atomic E-state index is 12.7. The normalized spacial score (nSPS) is 17.4. The van der Waals surface area contributed by atoms with E-state index in [-0.39, 0.29) is 29.8 Å². The molecule has 1 heterocycles. The molecule has 2 atom stereocenters. The Bertz CT molecular complexity index is 1850. The number of pyridine rings is 1. The number of aliphatic carboxylic acids is 1. The molecule has 1 saturated carbocycles. The Balaban J connectivity index is 1.41. The SMILES string of the molecule is CC(C)(c1cc(-c2cccc(-c3ccc(CS(=O)(=O)CC4CC4CC(=O)O)cc3)c2)c2ncccc2c1)S(C)(=O)=O. The molecule has 7 nitrogen and oxygen atoms in total. The highest BCUT2D eigenvalue weighted by Gasteiger charge is 2.41. The molecule has 1 aliphatic carbocycles. The van der Waals surface area contributed by atoms with Crippen molar-refractivity contribution in [3.63, 3.8) is 0 Å². The van der Waals surface area contributed by atoms with Gasteiger partial charge < -0.3 is 5.11 Å². The van der Waals surface area contributed by atoms with Gasteiger partial charge in [-0.15, -0.1) is 0 Å². The average molecular weight is 592 g/mol. The molecule has 0 spiro atoms. The van der Waals surface area contributed by atoms with Crippen LogP contribution in [0.3, 0.4) is 0 Å². The zero-order valence-corrected chi connectivity index (χ0v) is 24.9. The van der Waals surface area contributed by atoms with Gasteiger partial charge in [-0.2, -0.15) is 0 Å². The maximum Gasteiger partial charge on any atom is 0.303 e. The lowest BCUT2D eigenvalue weighted by atomic mass is 9.92. The first-order valence-electron chi connectivity index (χ1n) is 13.4. The van der Waals surface area contributed by atoms with Crippen LogP contribution >= 0.6 is 0 Å². The third-order valence-electron chi connectivity index (χ3n) is 8.15. The van der Waals surface area contributed by atoms with Gasteiger partial charge in [0, 0.05) is 29.8 Å². The minimum atomic E-state index is -3.39. The Morgan fingerprint density at radius 3 is 2.29 bits per heavy atom. The fourth-order valence-electron chi connectivity index (χ4n) is 5.26. The molecule has 1 aromatic heterocycles. The number of carboxylic acid groups (broad SMARTS) is 1. The molecule has 9 heteroatoms. The predicted octanol–water partition coefficient (Wildman–Crippen LogP) is 5.87. The van der Waals surface area contributed by atoms with E-state index in [0.717, 1.165) is 33.2 Å². The minimum Gasteiger partial charge on any atom is -0.481 e. The highest BCUT2D eigenvalue weighted by Crippen LogP contribution is 2.42. The summed E-state index contributed by atoms with van der Waals surface area (Å²) in [6.45, 7) is 3.42. The van der Waals surface area contributed by atoms with Gasteiger partial charge in [0.25, 0.3) is 0 Å². The van der Waals surface area contributed by atoms with E-state index in [0.29, 0.717) is 17.5 Å². The molecule has 3 aromatic carbocycles. The van der Waals surface area contributed by atoms with Crippen LogP contribution in [0.4, 0.5) is 0 Å². The lowest BCUT2D eigenvalue weighted by molar-refractivity contribution is -0.137. The van der Waals surface area contributed by atoms with E-state index in [9.17, 15) is 21.6 Å². The van der Waals surface area contributed by atoms with Crippen LogP contribution in [0.25, 0.3) is 33.2 Å².